The average molecular weight is 149 g/mol. The largest absolute Gasteiger partial charge is 0.399 e. The van der Waals surface area contributed by atoms with Crippen LogP contribution in [0.4, 0.5) is 0 Å². The smallest absolute Gasteiger partial charge is 0.0310 e. The van der Waals surface area contributed by atoms with Crippen molar-refractivity contribution in [3.63, 3.8) is 0 Å². The highest BCUT2D eigenvalue weighted by atomic mass is 14.6. The average Bonchev–Trinajstić information content (AvgIpc) is 2.15. The van der Waals surface area contributed by atoms with Gasteiger partial charge in [-0.05, 0) is 18.6 Å². The number of rotatable bonds is 1. The van der Waals surface area contributed by atoms with Crippen molar-refractivity contribution in [3.05, 3.63) is 36.1 Å². The van der Waals surface area contributed by atoms with Crippen molar-refractivity contribution in [3.8, 4) is 0 Å². The van der Waals surface area contributed by atoms with Gasteiger partial charge in [0.2, 0.25) is 0 Å². The Balaban J connectivity index is 2.86. The molecule has 0 bridgehead atoms. The maximum absolute atomic E-state index is 5.63. The lowest BCUT2D eigenvalue weighted by Crippen LogP contribution is -2.06. The Morgan fingerprint density at radius 2 is 2.18 bits per heavy atom. The first kappa shape index (κ1) is 8.12. The minimum absolute atomic E-state index is 0.192. The van der Waals surface area contributed by atoms with Crippen molar-refractivity contribution in [1.82, 2.24) is 0 Å². The summed E-state index contributed by atoms with van der Waals surface area (Å²) < 4.78 is 0. The Morgan fingerprint density at radius 3 is 2.82 bits per heavy atom. The summed E-state index contributed by atoms with van der Waals surface area (Å²) >= 11 is 0. The van der Waals surface area contributed by atoms with E-state index in [4.69, 9.17) is 5.73 Å². The fourth-order valence-electron chi connectivity index (χ4n) is 1.01. The number of hydrogen-bond acceptors (Lipinski definition) is 1. The summed E-state index contributed by atoms with van der Waals surface area (Å²) in [6.07, 6.45) is 11.4. The highest BCUT2D eigenvalue weighted by molar-refractivity contribution is 5.28. The summed E-state index contributed by atoms with van der Waals surface area (Å²) in [5, 5.41) is 0. The van der Waals surface area contributed by atoms with E-state index in [1.165, 1.54) is 0 Å². The molecular formula is C10H15N. The normalized spacial score (nSPS) is 29.8. The van der Waals surface area contributed by atoms with Gasteiger partial charge >= 0.3 is 0 Å². The van der Waals surface area contributed by atoms with E-state index >= 15 is 0 Å². The van der Waals surface area contributed by atoms with Crippen LogP contribution in [0, 0.1) is 5.41 Å². The third-order valence-electron chi connectivity index (χ3n) is 2.18. The molecule has 0 heterocycles. The van der Waals surface area contributed by atoms with Gasteiger partial charge in [-0.1, -0.05) is 32.1 Å². The van der Waals surface area contributed by atoms with Gasteiger partial charge in [-0.25, -0.2) is 0 Å². The molecule has 2 N–H and O–H groups in total. The molecule has 0 saturated carbocycles. The van der Waals surface area contributed by atoms with Crippen LogP contribution in [0.2, 0.25) is 0 Å². The van der Waals surface area contributed by atoms with Crippen molar-refractivity contribution in [2.75, 3.05) is 0 Å². The van der Waals surface area contributed by atoms with Gasteiger partial charge in [-0.2, -0.15) is 0 Å². The van der Waals surface area contributed by atoms with Crippen molar-refractivity contribution >= 4 is 0 Å². The van der Waals surface area contributed by atoms with Crippen LogP contribution in [-0.2, 0) is 0 Å². The van der Waals surface area contributed by atoms with Crippen molar-refractivity contribution in [1.29, 1.82) is 0 Å². The Hall–Kier alpha value is -0.980. The Bertz CT molecular complexity index is 223. The lowest BCUT2D eigenvalue weighted by Gasteiger charge is -2.17. The van der Waals surface area contributed by atoms with E-state index in [-0.39, 0.29) is 5.41 Å². The van der Waals surface area contributed by atoms with Gasteiger partial charge in [0.05, 0.1) is 0 Å². The second-order valence-corrected chi connectivity index (χ2v) is 3.22. The van der Waals surface area contributed by atoms with Gasteiger partial charge in [-0.3, -0.25) is 0 Å². The summed E-state index contributed by atoms with van der Waals surface area (Å²) in [6, 6.07) is 0. The topological polar surface area (TPSA) is 26.0 Å². The summed E-state index contributed by atoms with van der Waals surface area (Å²) in [4.78, 5) is 0. The van der Waals surface area contributed by atoms with Crippen molar-refractivity contribution in [2.45, 2.75) is 20.3 Å². The maximum Gasteiger partial charge on any atom is 0.0310 e. The van der Waals surface area contributed by atoms with Gasteiger partial charge < -0.3 is 5.73 Å². The highest BCUT2D eigenvalue weighted by Crippen LogP contribution is 2.26. The first-order chi connectivity index (χ1) is 5.16. The Morgan fingerprint density at radius 1 is 1.45 bits per heavy atom. The Kier molecular flexibility index (Phi) is 2.18. The van der Waals surface area contributed by atoms with Crippen LogP contribution in [0.1, 0.15) is 20.3 Å². The zero-order chi connectivity index (χ0) is 8.32. The molecule has 1 nitrogen and oxygen atoms in total. The molecule has 0 radical (unpaired) electrons. The number of allylic oxidation sites excluding steroid dienone is 5. The molecule has 1 aliphatic rings. The SMILES string of the molecule is CCC1(C)C=CC=C(N)C=C1. The van der Waals surface area contributed by atoms with Crippen LogP contribution < -0.4 is 5.73 Å². The second kappa shape index (κ2) is 2.95. The molecule has 0 aliphatic heterocycles. The van der Waals surface area contributed by atoms with Crippen LogP contribution in [0.25, 0.3) is 0 Å². The molecule has 0 fully saturated rings. The van der Waals surface area contributed by atoms with Gasteiger partial charge in [0.15, 0.2) is 0 Å². The molecule has 1 unspecified atom stereocenters. The first-order valence-corrected chi connectivity index (χ1v) is 4.00. The van der Waals surface area contributed by atoms with E-state index in [0.717, 1.165) is 12.1 Å². The van der Waals surface area contributed by atoms with Gasteiger partial charge in [0.1, 0.15) is 0 Å². The molecule has 0 aromatic heterocycles. The molecule has 60 valence electrons. The number of nitrogens with two attached hydrogens (primary N) is 1. The molecule has 1 atom stereocenters. The molecule has 1 aliphatic carbocycles. The van der Waals surface area contributed by atoms with Gasteiger partial charge in [0, 0.05) is 11.1 Å². The van der Waals surface area contributed by atoms with Crippen LogP contribution in [0.3, 0.4) is 0 Å². The number of hydrogen-bond donors (Lipinski definition) is 1. The zero-order valence-corrected chi connectivity index (χ0v) is 7.17. The van der Waals surface area contributed by atoms with E-state index in [1.54, 1.807) is 0 Å². The standard InChI is InChI=1S/C10H15N/c1-3-10(2)7-4-5-9(11)6-8-10/h4-8H,3,11H2,1-2H3. The van der Waals surface area contributed by atoms with E-state index in [0.29, 0.717) is 0 Å². The molecule has 0 aromatic carbocycles. The molecular weight excluding hydrogens is 134 g/mol. The summed E-state index contributed by atoms with van der Waals surface area (Å²) in [6.45, 7) is 4.38. The molecule has 11 heavy (non-hydrogen) atoms. The minimum atomic E-state index is 0.192. The highest BCUT2D eigenvalue weighted by Gasteiger charge is 2.14. The third kappa shape index (κ3) is 1.97. The summed E-state index contributed by atoms with van der Waals surface area (Å²) in [5.41, 5.74) is 6.66. The fraction of sp³-hybridized carbons (Fsp3) is 0.400. The quantitative estimate of drug-likeness (QED) is 0.608. The van der Waals surface area contributed by atoms with Gasteiger partial charge in [-0.15, -0.1) is 0 Å². The first-order valence-electron chi connectivity index (χ1n) is 4.00. The molecule has 1 heteroatoms. The molecule has 0 saturated heterocycles. The van der Waals surface area contributed by atoms with Crippen LogP contribution in [0.15, 0.2) is 36.1 Å². The lowest BCUT2D eigenvalue weighted by molar-refractivity contribution is 0.531. The predicted molar refractivity (Wildman–Crippen MR) is 48.9 cm³/mol. The molecule has 0 spiro atoms. The van der Waals surface area contributed by atoms with Crippen LogP contribution in [0.5, 0.6) is 0 Å². The predicted octanol–water partition coefficient (Wildman–Crippen LogP) is 2.37. The molecule has 1 rings (SSSR count). The minimum Gasteiger partial charge on any atom is -0.399 e. The summed E-state index contributed by atoms with van der Waals surface area (Å²) in [5.74, 6) is 0. The molecule has 0 amide bonds. The van der Waals surface area contributed by atoms with E-state index in [2.05, 4.69) is 26.0 Å². The van der Waals surface area contributed by atoms with E-state index < -0.39 is 0 Å². The maximum atomic E-state index is 5.63. The fourth-order valence-corrected chi connectivity index (χ4v) is 1.01. The monoisotopic (exact) mass is 149 g/mol. The third-order valence-corrected chi connectivity index (χ3v) is 2.18. The van der Waals surface area contributed by atoms with Crippen LogP contribution in [-0.4, -0.2) is 0 Å². The van der Waals surface area contributed by atoms with Gasteiger partial charge in [0.25, 0.3) is 0 Å². The van der Waals surface area contributed by atoms with Crippen molar-refractivity contribution in [2.24, 2.45) is 11.1 Å². The zero-order valence-electron chi connectivity index (χ0n) is 7.17. The van der Waals surface area contributed by atoms with Crippen LogP contribution >= 0.6 is 0 Å². The van der Waals surface area contributed by atoms with E-state index in [1.807, 2.05) is 18.2 Å². The van der Waals surface area contributed by atoms with Crippen molar-refractivity contribution < 1.29 is 0 Å². The van der Waals surface area contributed by atoms with E-state index in [9.17, 15) is 0 Å². The molecule has 0 aromatic rings. The summed E-state index contributed by atoms with van der Waals surface area (Å²) in [7, 11) is 0. The second-order valence-electron chi connectivity index (χ2n) is 3.22. The Labute approximate surface area is 68.3 Å². The lowest BCUT2D eigenvalue weighted by atomic mass is 9.87.